The molecule has 156 valence electrons. The number of rotatable bonds is 8. The largest absolute Gasteiger partial charge is 0.482 e. The number of nitrogens with zero attached hydrogens (tertiary/aromatic N) is 4. The zero-order chi connectivity index (χ0) is 21.7. The summed E-state index contributed by atoms with van der Waals surface area (Å²) in [5.41, 5.74) is 4.11. The molecule has 1 aromatic carbocycles. The van der Waals surface area contributed by atoms with Gasteiger partial charge in [-0.25, -0.2) is 9.97 Å². The lowest BCUT2D eigenvalue weighted by Gasteiger charge is -2.11. The van der Waals surface area contributed by atoms with E-state index < -0.39 is 23.1 Å². The molecule has 2 heterocycles. The lowest BCUT2D eigenvalue weighted by atomic mass is 10.3. The first-order valence-corrected chi connectivity index (χ1v) is 8.91. The van der Waals surface area contributed by atoms with E-state index in [1.807, 2.05) is 0 Å². The summed E-state index contributed by atoms with van der Waals surface area (Å²) < 4.78 is 10.2. The summed E-state index contributed by atoms with van der Waals surface area (Å²) in [5, 5.41) is 18.5. The van der Waals surface area contributed by atoms with Gasteiger partial charge in [0.1, 0.15) is 17.8 Å². The van der Waals surface area contributed by atoms with Gasteiger partial charge in [-0.15, -0.1) is 0 Å². The number of amides is 1. The predicted molar refractivity (Wildman–Crippen MR) is 107 cm³/mol. The van der Waals surface area contributed by atoms with E-state index >= 15 is 0 Å². The first kappa shape index (κ1) is 21.1. The molecule has 0 bridgehead atoms. The highest BCUT2D eigenvalue weighted by atomic mass is 35.5. The predicted octanol–water partition coefficient (Wildman–Crippen LogP) is 3.25. The van der Waals surface area contributed by atoms with Crippen LogP contribution in [0.2, 0.25) is 10.0 Å². The number of benzene rings is 1. The van der Waals surface area contributed by atoms with Crippen LogP contribution >= 0.6 is 23.2 Å². The molecule has 0 aliphatic heterocycles. The van der Waals surface area contributed by atoms with E-state index in [4.69, 9.17) is 32.5 Å². The Hall–Kier alpha value is -3.64. The van der Waals surface area contributed by atoms with Gasteiger partial charge in [-0.3, -0.25) is 25.8 Å². The molecular weight excluding hydrogens is 441 g/mol. The fourth-order valence-electron chi connectivity index (χ4n) is 2.18. The second-order valence-electron chi connectivity index (χ2n) is 5.66. The Labute approximate surface area is 178 Å². The molecule has 0 radical (unpaired) electrons. The number of hydrazine groups is 1. The van der Waals surface area contributed by atoms with Crippen molar-refractivity contribution in [3.63, 3.8) is 0 Å². The van der Waals surface area contributed by atoms with Crippen molar-refractivity contribution >= 4 is 52.3 Å². The van der Waals surface area contributed by atoms with E-state index in [-0.39, 0.29) is 28.2 Å². The number of carbonyl (C=O) groups is 1. The van der Waals surface area contributed by atoms with Crippen molar-refractivity contribution < 1.29 is 19.0 Å². The van der Waals surface area contributed by atoms with Gasteiger partial charge in [0.2, 0.25) is 11.6 Å². The maximum absolute atomic E-state index is 12.0. The van der Waals surface area contributed by atoms with Crippen LogP contribution in [0.4, 0.5) is 23.1 Å². The Kier molecular flexibility index (Phi) is 6.49. The van der Waals surface area contributed by atoms with Crippen molar-refractivity contribution in [2.45, 2.75) is 6.92 Å². The van der Waals surface area contributed by atoms with Gasteiger partial charge in [0.15, 0.2) is 12.4 Å². The molecule has 0 atom stereocenters. The average Bonchev–Trinajstić information content (AvgIpc) is 3.10. The number of anilines is 3. The molecule has 2 aromatic heterocycles. The van der Waals surface area contributed by atoms with Crippen LogP contribution in [0.5, 0.6) is 5.75 Å². The van der Waals surface area contributed by atoms with Crippen LogP contribution in [-0.4, -0.2) is 32.6 Å². The molecule has 0 unspecified atom stereocenters. The number of hydrogen-bond acceptors (Lipinski definition) is 10. The summed E-state index contributed by atoms with van der Waals surface area (Å²) in [5.74, 6) is -0.0767. The third kappa shape index (κ3) is 5.24. The molecule has 3 N–H and O–H groups in total. The Balaban J connectivity index is 1.66. The van der Waals surface area contributed by atoms with Crippen LogP contribution in [0.1, 0.15) is 5.76 Å². The smallest absolute Gasteiger partial charge is 0.355 e. The number of ether oxygens (including phenoxy) is 1. The van der Waals surface area contributed by atoms with Gasteiger partial charge in [-0.05, 0) is 25.1 Å². The zero-order valence-electron chi connectivity index (χ0n) is 15.2. The van der Waals surface area contributed by atoms with Crippen LogP contribution < -0.4 is 20.9 Å². The minimum Gasteiger partial charge on any atom is -0.482 e. The van der Waals surface area contributed by atoms with Gasteiger partial charge in [-0.1, -0.05) is 28.4 Å². The molecule has 0 fully saturated rings. The molecule has 12 nitrogen and oxygen atoms in total. The van der Waals surface area contributed by atoms with Crippen LogP contribution in [-0.2, 0) is 4.79 Å². The number of halogens is 2. The standard InChI is InChI=1S/C16H13Cl2N7O5/c1-8-4-12(24-30-8)21-15-14(25(27)28)16(20-7-19-15)23-22-13(26)6-29-11-3-2-9(17)5-10(11)18/h2-5,7H,6H2,1H3,(H,22,26)(H2,19,20,21,23,24). The molecule has 30 heavy (non-hydrogen) atoms. The SMILES string of the molecule is Cc1cc(Nc2ncnc(NNC(=O)COc3ccc(Cl)cc3Cl)c2[N+](=O)[O-])no1. The lowest BCUT2D eigenvalue weighted by Crippen LogP contribution is -2.34. The summed E-state index contributed by atoms with van der Waals surface area (Å²) >= 11 is 11.8. The first-order chi connectivity index (χ1) is 14.3. The van der Waals surface area contributed by atoms with Crippen LogP contribution in [0.15, 0.2) is 35.1 Å². The Morgan fingerprint density at radius 3 is 2.70 bits per heavy atom. The Morgan fingerprint density at radius 2 is 2.03 bits per heavy atom. The van der Waals surface area contributed by atoms with E-state index in [0.29, 0.717) is 10.8 Å². The minimum absolute atomic E-state index is 0.149. The lowest BCUT2D eigenvalue weighted by molar-refractivity contribution is -0.383. The Morgan fingerprint density at radius 1 is 1.27 bits per heavy atom. The molecule has 3 aromatic rings. The molecule has 14 heteroatoms. The summed E-state index contributed by atoms with van der Waals surface area (Å²) in [4.78, 5) is 30.4. The third-order valence-corrected chi connectivity index (χ3v) is 3.98. The second-order valence-corrected chi connectivity index (χ2v) is 6.50. The fraction of sp³-hybridized carbons (Fsp3) is 0.125. The zero-order valence-corrected chi connectivity index (χ0v) is 16.7. The van der Waals surface area contributed by atoms with Crippen molar-refractivity contribution in [3.05, 3.63) is 56.5 Å². The number of carbonyl (C=O) groups excluding carboxylic acids is 1. The van der Waals surface area contributed by atoms with E-state index in [2.05, 4.69) is 31.3 Å². The van der Waals surface area contributed by atoms with Crippen molar-refractivity contribution in [1.82, 2.24) is 20.6 Å². The normalized spacial score (nSPS) is 10.4. The van der Waals surface area contributed by atoms with E-state index in [1.54, 1.807) is 13.0 Å². The Bertz CT molecular complexity index is 1090. The topological polar surface area (TPSA) is 157 Å². The van der Waals surface area contributed by atoms with E-state index in [0.717, 1.165) is 6.33 Å². The molecule has 0 spiro atoms. The summed E-state index contributed by atoms with van der Waals surface area (Å²) in [6.45, 7) is 1.24. The maximum Gasteiger partial charge on any atom is 0.355 e. The van der Waals surface area contributed by atoms with Crippen LogP contribution in [0, 0.1) is 17.0 Å². The van der Waals surface area contributed by atoms with Gasteiger partial charge >= 0.3 is 5.69 Å². The van der Waals surface area contributed by atoms with Crippen molar-refractivity contribution in [2.75, 3.05) is 17.3 Å². The highest BCUT2D eigenvalue weighted by Crippen LogP contribution is 2.30. The maximum atomic E-state index is 12.0. The number of hydrogen-bond donors (Lipinski definition) is 3. The van der Waals surface area contributed by atoms with Crippen LogP contribution in [0.3, 0.4) is 0 Å². The van der Waals surface area contributed by atoms with Crippen molar-refractivity contribution in [3.8, 4) is 5.75 Å². The van der Waals surface area contributed by atoms with Gasteiger partial charge < -0.3 is 14.6 Å². The summed E-state index contributed by atoms with van der Waals surface area (Å²) in [6.07, 6.45) is 1.07. The van der Waals surface area contributed by atoms with Gasteiger partial charge in [0, 0.05) is 11.1 Å². The summed E-state index contributed by atoms with van der Waals surface area (Å²) in [6, 6.07) is 6.04. The molecule has 1 amide bonds. The van der Waals surface area contributed by atoms with Crippen LogP contribution in [0.25, 0.3) is 0 Å². The number of aryl methyl sites for hydroxylation is 1. The quantitative estimate of drug-likeness (QED) is 0.341. The monoisotopic (exact) mass is 453 g/mol. The number of aromatic nitrogens is 3. The van der Waals surface area contributed by atoms with Gasteiger partial charge in [0.05, 0.1) is 9.95 Å². The summed E-state index contributed by atoms with van der Waals surface area (Å²) in [7, 11) is 0. The fourth-order valence-corrected chi connectivity index (χ4v) is 2.64. The minimum atomic E-state index is -0.715. The number of nitro groups is 1. The van der Waals surface area contributed by atoms with Crippen molar-refractivity contribution in [1.29, 1.82) is 0 Å². The highest BCUT2D eigenvalue weighted by Gasteiger charge is 2.24. The first-order valence-electron chi connectivity index (χ1n) is 8.16. The van der Waals surface area contributed by atoms with Crippen molar-refractivity contribution in [2.24, 2.45) is 0 Å². The van der Waals surface area contributed by atoms with E-state index in [1.165, 1.54) is 18.2 Å². The molecule has 0 saturated heterocycles. The highest BCUT2D eigenvalue weighted by molar-refractivity contribution is 6.35. The molecule has 3 rings (SSSR count). The third-order valence-electron chi connectivity index (χ3n) is 3.45. The molecule has 0 saturated carbocycles. The molecular formula is C16H13Cl2N7O5. The number of nitrogens with one attached hydrogen (secondary N) is 3. The second kappa shape index (κ2) is 9.24. The van der Waals surface area contributed by atoms with Gasteiger partial charge in [-0.2, -0.15) is 0 Å². The molecule has 0 aliphatic carbocycles. The average molecular weight is 454 g/mol. The van der Waals surface area contributed by atoms with E-state index in [9.17, 15) is 14.9 Å². The molecule has 0 aliphatic rings. The van der Waals surface area contributed by atoms with Gasteiger partial charge in [0.25, 0.3) is 5.91 Å².